The number of halogens is 3. The van der Waals surface area contributed by atoms with Crippen molar-refractivity contribution in [2.45, 2.75) is 13.3 Å². The molecule has 1 aromatic heterocycles. The third-order valence-electron chi connectivity index (χ3n) is 1.32. The molecule has 0 aliphatic heterocycles. The van der Waals surface area contributed by atoms with E-state index in [-0.39, 0.29) is 5.69 Å². The average Bonchev–Trinajstić information content (AvgIpc) is 2.30. The van der Waals surface area contributed by atoms with Gasteiger partial charge >= 0.3 is 74.0 Å². The van der Waals surface area contributed by atoms with Crippen LogP contribution in [0.2, 0.25) is 0 Å². The molecule has 1 aromatic rings. The Morgan fingerprint density at radius 2 is 2.27 bits per heavy atom. The van der Waals surface area contributed by atoms with Crippen LogP contribution in [0.1, 0.15) is 17.7 Å². The summed E-state index contributed by atoms with van der Waals surface area (Å²) in [5, 5.41) is 3.84. The second-order valence-electron chi connectivity index (χ2n) is 2.04. The van der Waals surface area contributed by atoms with Crippen LogP contribution in [-0.4, -0.2) is 12.9 Å². The maximum atomic E-state index is 12.3. The van der Waals surface area contributed by atoms with Crippen molar-refractivity contribution in [3.63, 3.8) is 0 Å². The number of aromatic nitrogens is 2. The summed E-state index contributed by atoms with van der Waals surface area (Å²) in [4.78, 5) is 1.90. The molecular weight excluding hydrogens is 265 g/mol. The molecule has 0 fully saturated rings. The second kappa shape index (κ2) is 3.46. The van der Waals surface area contributed by atoms with E-state index in [2.05, 4.69) is 5.10 Å². The zero-order valence-corrected chi connectivity index (χ0v) is 8.34. The second-order valence-corrected chi connectivity index (χ2v) is 3.92. The Balaban J connectivity index is 3.07. The molecule has 0 saturated carbocycles. The van der Waals surface area contributed by atoms with Gasteiger partial charge in [0.15, 0.2) is 0 Å². The fourth-order valence-electron chi connectivity index (χ4n) is 0.798. The van der Waals surface area contributed by atoms with Crippen LogP contribution in [0.5, 0.6) is 0 Å². The molecule has 0 N–H and O–H groups in total. The van der Waals surface area contributed by atoms with Crippen molar-refractivity contribution in [3.05, 3.63) is 17.5 Å². The molecule has 0 aliphatic carbocycles. The Morgan fingerprint density at radius 1 is 1.64 bits per heavy atom. The number of hydrogen-bond acceptors (Lipinski definition) is 1. The molecular formula is C6H8F2IN2-. The normalized spacial score (nSPS) is 11.4. The van der Waals surface area contributed by atoms with E-state index < -0.39 is 27.9 Å². The first kappa shape index (κ1) is 8.89. The van der Waals surface area contributed by atoms with Crippen molar-refractivity contribution in [2.24, 2.45) is 0 Å². The van der Waals surface area contributed by atoms with Crippen molar-refractivity contribution in [2.75, 3.05) is 4.93 Å². The molecule has 0 bridgehead atoms. The van der Waals surface area contributed by atoms with Gasteiger partial charge in [0.05, 0.1) is 0 Å². The fraction of sp³-hybridized carbons (Fsp3) is 0.500. The molecule has 0 radical (unpaired) electrons. The minimum absolute atomic E-state index is 0.0836. The molecule has 64 valence electrons. The van der Waals surface area contributed by atoms with Crippen molar-refractivity contribution >= 4 is 0 Å². The first-order chi connectivity index (χ1) is 5.16. The molecule has 0 aliphatic rings. The van der Waals surface area contributed by atoms with Crippen LogP contribution in [0.25, 0.3) is 0 Å². The minimum atomic E-state index is -2.39. The Bertz CT molecular complexity index is 247. The van der Waals surface area contributed by atoms with E-state index >= 15 is 0 Å². The van der Waals surface area contributed by atoms with E-state index in [0.29, 0.717) is 5.56 Å². The SMILES string of the molecule is C[I-]n1ncc(C)c1C(F)F. The van der Waals surface area contributed by atoms with Gasteiger partial charge in [-0.25, -0.2) is 0 Å². The van der Waals surface area contributed by atoms with Crippen LogP contribution in [0.3, 0.4) is 0 Å². The van der Waals surface area contributed by atoms with E-state index in [4.69, 9.17) is 0 Å². The maximum absolute atomic E-state index is 12.3. The summed E-state index contributed by atoms with van der Waals surface area (Å²) in [5.74, 6) is 0. The van der Waals surface area contributed by atoms with Crippen LogP contribution in [-0.2, 0) is 0 Å². The Kier molecular flexibility index (Phi) is 2.80. The van der Waals surface area contributed by atoms with Crippen LogP contribution in [0.15, 0.2) is 6.20 Å². The predicted octanol–water partition coefficient (Wildman–Crippen LogP) is -1.39. The van der Waals surface area contributed by atoms with Crippen molar-refractivity contribution < 1.29 is 30.3 Å². The van der Waals surface area contributed by atoms with Gasteiger partial charge in [0.25, 0.3) is 0 Å². The van der Waals surface area contributed by atoms with Gasteiger partial charge in [0, 0.05) is 0 Å². The van der Waals surface area contributed by atoms with Gasteiger partial charge in [-0.2, -0.15) is 0 Å². The summed E-state index contributed by atoms with van der Waals surface area (Å²) in [6.45, 7) is 1.66. The van der Waals surface area contributed by atoms with Gasteiger partial charge in [-0.1, -0.05) is 0 Å². The summed E-state index contributed by atoms with van der Waals surface area (Å²) >= 11 is -0.400. The molecule has 5 heteroatoms. The van der Waals surface area contributed by atoms with E-state index in [1.165, 1.54) is 9.09 Å². The van der Waals surface area contributed by atoms with Crippen LogP contribution < -0.4 is 21.5 Å². The molecule has 0 atom stereocenters. The number of rotatable bonds is 2. The van der Waals surface area contributed by atoms with Gasteiger partial charge in [-0.3, -0.25) is 0 Å². The first-order valence-electron chi connectivity index (χ1n) is 2.99. The summed E-state index contributed by atoms with van der Waals surface area (Å²) < 4.78 is 26.0. The topological polar surface area (TPSA) is 17.8 Å². The number of hydrogen-bond donors (Lipinski definition) is 0. The number of aryl methyl sites for hydroxylation is 1. The molecule has 2 nitrogen and oxygen atoms in total. The van der Waals surface area contributed by atoms with E-state index in [0.717, 1.165) is 0 Å². The van der Waals surface area contributed by atoms with Gasteiger partial charge in [0.1, 0.15) is 0 Å². The van der Waals surface area contributed by atoms with Crippen LogP contribution in [0, 0.1) is 6.92 Å². The van der Waals surface area contributed by atoms with Crippen molar-refractivity contribution in [1.82, 2.24) is 7.99 Å². The average molecular weight is 273 g/mol. The van der Waals surface area contributed by atoms with Gasteiger partial charge in [-0.15, -0.1) is 0 Å². The van der Waals surface area contributed by atoms with E-state index in [1.807, 2.05) is 4.93 Å². The fourth-order valence-corrected chi connectivity index (χ4v) is 2.28. The number of nitrogens with zero attached hydrogens (tertiary/aromatic N) is 2. The van der Waals surface area contributed by atoms with E-state index in [9.17, 15) is 8.78 Å². The molecule has 0 unspecified atom stereocenters. The standard InChI is InChI=1S/C6H8F2IN2/c1-4-3-10-11(9-2)5(4)6(7)8/h3,6H,1-2H3/q-1. The molecule has 1 heterocycles. The third kappa shape index (κ3) is 1.69. The van der Waals surface area contributed by atoms with Crippen LogP contribution in [0.4, 0.5) is 8.78 Å². The Morgan fingerprint density at radius 3 is 2.64 bits per heavy atom. The first-order valence-corrected chi connectivity index (χ1v) is 6.11. The van der Waals surface area contributed by atoms with Crippen LogP contribution >= 0.6 is 0 Å². The van der Waals surface area contributed by atoms with Gasteiger partial charge < -0.3 is 0 Å². The number of alkyl halides is 3. The molecule has 1 rings (SSSR count). The zero-order valence-electron chi connectivity index (χ0n) is 6.18. The molecule has 0 amide bonds. The van der Waals surface area contributed by atoms with Crippen molar-refractivity contribution in [3.8, 4) is 0 Å². The predicted molar refractivity (Wildman–Crippen MR) is 33.2 cm³/mol. The summed E-state index contributed by atoms with van der Waals surface area (Å²) in [6.07, 6.45) is -0.901. The zero-order chi connectivity index (χ0) is 8.43. The molecule has 0 spiro atoms. The quantitative estimate of drug-likeness (QED) is 0.479. The molecule has 0 saturated heterocycles. The Hall–Kier alpha value is -0.200. The monoisotopic (exact) mass is 273 g/mol. The molecule has 11 heavy (non-hydrogen) atoms. The molecule has 0 aromatic carbocycles. The van der Waals surface area contributed by atoms with Crippen molar-refractivity contribution in [1.29, 1.82) is 0 Å². The summed E-state index contributed by atoms with van der Waals surface area (Å²) in [7, 11) is 0. The van der Waals surface area contributed by atoms with Gasteiger partial charge in [-0.05, 0) is 0 Å². The Labute approximate surface area is 74.2 Å². The third-order valence-corrected chi connectivity index (χ3v) is 3.01. The van der Waals surface area contributed by atoms with Gasteiger partial charge in [0.2, 0.25) is 0 Å². The summed E-state index contributed by atoms with van der Waals surface area (Å²) in [6, 6.07) is 0. The summed E-state index contributed by atoms with van der Waals surface area (Å²) in [5.41, 5.74) is 0.668. The van der Waals surface area contributed by atoms with E-state index in [1.54, 1.807) is 6.92 Å².